The van der Waals surface area contributed by atoms with Gasteiger partial charge < -0.3 is 15.8 Å². The Labute approximate surface area is 127 Å². The van der Waals surface area contributed by atoms with E-state index in [4.69, 9.17) is 10.5 Å². The first kappa shape index (κ1) is 18.7. The summed E-state index contributed by atoms with van der Waals surface area (Å²) in [5.74, 6) is 0.687. The molecule has 0 aliphatic heterocycles. The Bertz CT molecular complexity index is 395. The second-order valence-electron chi connectivity index (χ2n) is 4.60. The molecule has 20 heavy (non-hydrogen) atoms. The Balaban J connectivity index is 0.00000361. The van der Waals surface area contributed by atoms with Gasteiger partial charge in [-0.15, -0.1) is 12.4 Å². The molecule has 0 fully saturated rings. The number of hydrogen-bond donors (Lipinski definition) is 2. The van der Waals surface area contributed by atoms with Crippen LogP contribution in [0.4, 0.5) is 0 Å². The van der Waals surface area contributed by atoms with Crippen molar-refractivity contribution in [1.29, 1.82) is 0 Å². The van der Waals surface area contributed by atoms with E-state index in [0.29, 0.717) is 18.7 Å². The van der Waals surface area contributed by atoms with Gasteiger partial charge in [0, 0.05) is 12.1 Å². The van der Waals surface area contributed by atoms with Crippen molar-refractivity contribution >= 4 is 18.3 Å². The Hall–Kier alpha value is -1.26. The number of rotatable bonds is 7. The van der Waals surface area contributed by atoms with Crippen LogP contribution >= 0.6 is 12.4 Å². The number of ether oxygens (including phenoxy) is 1. The van der Waals surface area contributed by atoms with E-state index in [-0.39, 0.29) is 23.9 Å². The van der Waals surface area contributed by atoms with Crippen LogP contribution in [0.25, 0.3) is 0 Å². The van der Waals surface area contributed by atoms with Crippen LogP contribution in [-0.2, 0) is 0 Å². The van der Waals surface area contributed by atoms with Crippen LogP contribution in [0.2, 0.25) is 0 Å². The average molecular weight is 301 g/mol. The summed E-state index contributed by atoms with van der Waals surface area (Å²) in [6, 6.07) is 7.15. The van der Waals surface area contributed by atoms with Crippen molar-refractivity contribution in [2.75, 3.05) is 13.2 Å². The molecular weight excluding hydrogens is 276 g/mol. The molecular formula is C15H25ClN2O2. The van der Waals surface area contributed by atoms with E-state index in [1.807, 2.05) is 20.8 Å². The topological polar surface area (TPSA) is 64.3 Å². The SMILES string of the molecule is CCOc1ccc(C(=O)NC(CC)(CC)CN)cc1.Cl. The van der Waals surface area contributed by atoms with Gasteiger partial charge in [-0.05, 0) is 44.0 Å². The van der Waals surface area contributed by atoms with Gasteiger partial charge in [-0.3, -0.25) is 4.79 Å². The van der Waals surface area contributed by atoms with Gasteiger partial charge in [0.1, 0.15) is 5.75 Å². The summed E-state index contributed by atoms with van der Waals surface area (Å²) in [7, 11) is 0. The first-order chi connectivity index (χ1) is 9.10. The maximum atomic E-state index is 12.2. The minimum Gasteiger partial charge on any atom is -0.494 e. The number of benzene rings is 1. The van der Waals surface area contributed by atoms with Gasteiger partial charge in [0.2, 0.25) is 0 Å². The number of halogens is 1. The summed E-state index contributed by atoms with van der Waals surface area (Å²) in [6.07, 6.45) is 1.64. The van der Waals surface area contributed by atoms with E-state index in [1.54, 1.807) is 24.3 Å². The minimum absolute atomic E-state index is 0. The molecule has 1 amide bonds. The third-order valence-corrected chi connectivity index (χ3v) is 3.55. The van der Waals surface area contributed by atoms with Crippen molar-refractivity contribution in [1.82, 2.24) is 5.32 Å². The fraction of sp³-hybridized carbons (Fsp3) is 0.533. The van der Waals surface area contributed by atoms with Crippen molar-refractivity contribution in [3.05, 3.63) is 29.8 Å². The van der Waals surface area contributed by atoms with E-state index in [9.17, 15) is 4.79 Å². The monoisotopic (exact) mass is 300 g/mol. The number of amides is 1. The fourth-order valence-electron chi connectivity index (χ4n) is 1.95. The highest BCUT2D eigenvalue weighted by atomic mass is 35.5. The number of hydrogen-bond acceptors (Lipinski definition) is 3. The van der Waals surface area contributed by atoms with Gasteiger partial charge in [-0.25, -0.2) is 0 Å². The zero-order chi connectivity index (χ0) is 14.3. The molecule has 0 saturated heterocycles. The van der Waals surface area contributed by atoms with Crippen LogP contribution in [-0.4, -0.2) is 24.6 Å². The van der Waals surface area contributed by atoms with E-state index in [0.717, 1.165) is 18.6 Å². The van der Waals surface area contributed by atoms with Gasteiger partial charge in [0.05, 0.1) is 12.1 Å². The summed E-state index contributed by atoms with van der Waals surface area (Å²) in [5.41, 5.74) is 6.10. The zero-order valence-corrected chi connectivity index (χ0v) is 13.3. The molecule has 0 aromatic heterocycles. The second-order valence-corrected chi connectivity index (χ2v) is 4.60. The summed E-state index contributed by atoms with van der Waals surface area (Å²) < 4.78 is 5.35. The Morgan fingerprint density at radius 3 is 2.15 bits per heavy atom. The second kappa shape index (κ2) is 8.82. The van der Waals surface area contributed by atoms with Crippen molar-refractivity contribution < 1.29 is 9.53 Å². The van der Waals surface area contributed by atoms with Crippen LogP contribution in [0, 0.1) is 0 Å². The average Bonchev–Trinajstić information content (AvgIpc) is 2.46. The molecule has 0 saturated carbocycles. The maximum Gasteiger partial charge on any atom is 0.251 e. The summed E-state index contributed by atoms with van der Waals surface area (Å²) in [4.78, 5) is 12.2. The van der Waals surface area contributed by atoms with Crippen molar-refractivity contribution in [2.24, 2.45) is 5.73 Å². The number of nitrogens with two attached hydrogens (primary N) is 1. The van der Waals surface area contributed by atoms with Crippen LogP contribution in [0.5, 0.6) is 5.75 Å². The largest absolute Gasteiger partial charge is 0.494 e. The normalized spacial score (nSPS) is 10.6. The molecule has 0 atom stereocenters. The maximum absolute atomic E-state index is 12.2. The molecule has 1 aromatic rings. The lowest BCUT2D eigenvalue weighted by atomic mass is 9.92. The van der Waals surface area contributed by atoms with Crippen molar-refractivity contribution in [2.45, 2.75) is 39.2 Å². The third kappa shape index (κ3) is 4.69. The van der Waals surface area contributed by atoms with Crippen molar-refractivity contribution in [3.8, 4) is 5.75 Å². The number of carbonyl (C=O) groups excluding carboxylic acids is 1. The number of carbonyl (C=O) groups is 1. The lowest BCUT2D eigenvalue weighted by Crippen LogP contribution is -2.52. The van der Waals surface area contributed by atoms with Gasteiger partial charge in [-0.1, -0.05) is 13.8 Å². The smallest absolute Gasteiger partial charge is 0.251 e. The molecule has 0 spiro atoms. The van der Waals surface area contributed by atoms with Crippen LogP contribution in [0.3, 0.4) is 0 Å². The Morgan fingerprint density at radius 1 is 1.20 bits per heavy atom. The molecule has 0 unspecified atom stereocenters. The Morgan fingerprint density at radius 2 is 1.75 bits per heavy atom. The Kier molecular flexibility index (Phi) is 8.26. The molecule has 0 aliphatic rings. The summed E-state index contributed by atoms with van der Waals surface area (Å²) in [6.45, 7) is 7.07. The molecule has 0 aliphatic carbocycles. The lowest BCUT2D eigenvalue weighted by molar-refractivity contribution is 0.0895. The highest BCUT2D eigenvalue weighted by molar-refractivity contribution is 5.94. The molecule has 1 rings (SSSR count). The van der Waals surface area contributed by atoms with E-state index >= 15 is 0 Å². The molecule has 4 nitrogen and oxygen atoms in total. The molecule has 0 bridgehead atoms. The summed E-state index contributed by atoms with van der Waals surface area (Å²) >= 11 is 0. The van der Waals surface area contributed by atoms with Crippen LogP contribution in [0.1, 0.15) is 44.0 Å². The molecule has 5 heteroatoms. The first-order valence-corrected chi connectivity index (χ1v) is 6.86. The number of nitrogens with one attached hydrogen (secondary N) is 1. The van der Waals surface area contributed by atoms with E-state index < -0.39 is 0 Å². The van der Waals surface area contributed by atoms with E-state index in [2.05, 4.69) is 5.32 Å². The van der Waals surface area contributed by atoms with Crippen LogP contribution < -0.4 is 15.8 Å². The molecule has 114 valence electrons. The third-order valence-electron chi connectivity index (χ3n) is 3.55. The summed E-state index contributed by atoms with van der Waals surface area (Å²) in [5, 5.41) is 3.04. The lowest BCUT2D eigenvalue weighted by Gasteiger charge is -2.31. The van der Waals surface area contributed by atoms with Gasteiger partial charge in [-0.2, -0.15) is 0 Å². The predicted molar refractivity (Wildman–Crippen MR) is 84.7 cm³/mol. The quantitative estimate of drug-likeness (QED) is 0.814. The molecule has 0 heterocycles. The van der Waals surface area contributed by atoms with E-state index in [1.165, 1.54) is 0 Å². The van der Waals surface area contributed by atoms with Gasteiger partial charge >= 0.3 is 0 Å². The van der Waals surface area contributed by atoms with Gasteiger partial charge in [0.25, 0.3) is 5.91 Å². The minimum atomic E-state index is -0.310. The first-order valence-electron chi connectivity index (χ1n) is 6.86. The van der Waals surface area contributed by atoms with Crippen molar-refractivity contribution in [3.63, 3.8) is 0 Å². The fourth-order valence-corrected chi connectivity index (χ4v) is 1.95. The zero-order valence-electron chi connectivity index (χ0n) is 12.4. The molecule has 0 radical (unpaired) electrons. The predicted octanol–water partition coefficient (Wildman–Crippen LogP) is 2.75. The molecule has 1 aromatic carbocycles. The standard InChI is InChI=1S/C15H24N2O2.ClH/c1-4-15(5-2,11-16)17-14(18)12-7-9-13(10-8-12)19-6-3;/h7-10H,4-6,11,16H2,1-3H3,(H,17,18);1H. The highest BCUT2D eigenvalue weighted by Gasteiger charge is 2.26. The molecule has 3 N–H and O–H groups in total. The van der Waals surface area contributed by atoms with Crippen LogP contribution in [0.15, 0.2) is 24.3 Å². The van der Waals surface area contributed by atoms with Gasteiger partial charge in [0.15, 0.2) is 0 Å². The highest BCUT2D eigenvalue weighted by Crippen LogP contribution is 2.16.